The van der Waals surface area contributed by atoms with Crippen LogP contribution in [0.25, 0.3) is 0 Å². The molecule has 2 rings (SSSR count). The third-order valence-electron chi connectivity index (χ3n) is 3.63. The number of aromatic nitrogens is 3. The molecule has 1 saturated carbocycles. The van der Waals surface area contributed by atoms with Gasteiger partial charge >= 0.3 is 5.97 Å². The predicted molar refractivity (Wildman–Crippen MR) is 62.6 cm³/mol. The van der Waals surface area contributed by atoms with Crippen LogP contribution >= 0.6 is 0 Å². The zero-order chi connectivity index (χ0) is 12.6. The van der Waals surface area contributed by atoms with Crippen LogP contribution < -0.4 is 0 Å². The number of aliphatic carboxylic acids is 1. The van der Waals surface area contributed by atoms with Gasteiger partial charge in [-0.2, -0.15) is 5.10 Å². The van der Waals surface area contributed by atoms with E-state index in [1.54, 1.807) is 0 Å². The highest BCUT2D eigenvalue weighted by Crippen LogP contribution is 2.47. The van der Waals surface area contributed by atoms with Crippen molar-refractivity contribution in [2.45, 2.75) is 46.1 Å². The summed E-state index contributed by atoms with van der Waals surface area (Å²) in [6.07, 6.45) is 3.99. The first-order valence-electron chi connectivity index (χ1n) is 6.07. The van der Waals surface area contributed by atoms with Crippen LogP contribution in [-0.2, 0) is 11.2 Å². The molecule has 1 unspecified atom stereocenters. The molecule has 0 radical (unpaired) electrons. The highest BCUT2D eigenvalue weighted by molar-refractivity contribution is 5.75. The quantitative estimate of drug-likeness (QED) is 0.849. The molecule has 5 nitrogen and oxygen atoms in total. The highest BCUT2D eigenvalue weighted by Gasteiger charge is 2.48. The monoisotopic (exact) mass is 237 g/mol. The average Bonchev–Trinajstić information content (AvgIpc) is 2.99. The molecule has 0 bridgehead atoms. The van der Waals surface area contributed by atoms with Gasteiger partial charge in [-0.15, -0.1) is 0 Å². The largest absolute Gasteiger partial charge is 0.481 e. The first-order valence-corrected chi connectivity index (χ1v) is 6.07. The topological polar surface area (TPSA) is 68.0 Å². The maximum Gasteiger partial charge on any atom is 0.310 e. The summed E-state index contributed by atoms with van der Waals surface area (Å²) in [5.41, 5.74) is -0.695. The van der Waals surface area contributed by atoms with Crippen LogP contribution in [0.5, 0.6) is 0 Å². The van der Waals surface area contributed by atoms with Crippen molar-refractivity contribution in [1.82, 2.24) is 14.8 Å². The van der Waals surface area contributed by atoms with Gasteiger partial charge in [-0.05, 0) is 39.5 Å². The fourth-order valence-corrected chi connectivity index (χ4v) is 2.28. The van der Waals surface area contributed by atoms with Crippen molar-refractivity contribution >= 4 is 5.97 Å². The molecule has 0 aliphatic heterocycles. The Bertz CT molecular complexity index is 423. The fourth-order valence-electron chi connectivity index (χ4n) is 2.28. The molecule has 0 saturated heterocycles. The Hall–Kier alpha value is -1.39. The van der Waals surface area contributed by atoms with Gasteiger partial charge in [-0.3, -0.25) is 4.79 Å². The van der Waals surface area contributed by atoms with E-state index in [4.69, 9.17) is 0 Å². The second-order valence-electron chi connectivity index (χ2n) is 5.39. The van der Waals surface area contributed by atoms with Crippen molar-refractivity contribution in [3.8, 4) is 0 Å². The summed E-state index contributed by atoms with van der Waals surface area (Å²) < 4.78 is 1.81. The molecule has 1 aromatic rings. The highest BCUT2D eigenvalue weighted by atomic mass is 16.4. The third-order valence-corrected chi connectivity index (χ3v) is 3.63. The molecule has 17 heavy (non-hydrogen) atoms. The second kappa shape index (κ2) is 4.13. The molecule has 1 atom stereocenters. The second-order valence-corrected chi connectivity index (χ2v) is 5.39. The molecular formula is C12H19N3O2. The van der Waals surface area contributed by atoms with Crippen molar-refractivity contribution in [2.75, 3.05) is 0 Å². The smallest absolute Gasteiger partial charge is 0.310 e. The van der Waals surface area contributed by atoms with Crippen LogP contribution in [0.3, 0.4) is 0 Å². The van der Waals surface area contributed by atoms with E-state index in [0.717, 1.165) is 18.7 Å². The van der Waals surface area contributed by atoms with Crippen LogP contribution in [0, 0.1) is 11.3 Å². The van der Waals surface area contributed by atoms with Gasteiger partial charge in [0.25, 0.3) is 0 Å². The lowest BCUT2D eigenvalue weighted by atomic mass is 9.81. The Morgan fingerprint density at radius 1 is 1.65 bits per heavy atom. The Morgan fingerprint density at radius 3 is 2.76 bits per heavy atom. The predicted octanol–water partition coefficient (Wildman–Crippen LogP) is 1.90. The maximum atomic E-state index is 11.5. The number of carboxylic acids is 1. The minimum atomic E-state index is -0.724. The average molecular weight is 237 g/mol. The van der Waals surface area contributed by atoms with Crippen LogP contribution in [0.15, 0.2) is 6.33 Å². The number of hydrogen-bond acceptors (Lipinski definition) is 3. The molecule has 1 N–H and O–H groups in total. The first kappa shape index (κ1) is 12.1. The lowest BCUT2D eigenvalue weighted by Gasteiger charge is -2.24. The molecule has 1 heterocycles. The van der Waals surface area contributed by atoms with E-state index in [-0.39, 0.29) is 12.0 Å². The molecule has 0 amide bonds. The fraction of sp³-hybridized carbons (Fsp3) is 0.750. The van der Waals surface area contributed by atoms with Crippen molar-refractivity contribution in [1.29, 1.82) is 0 Å². The summed E-state index contributed by atoms with van der Waals surface area (Å²) in [5.74, 6) is 0.340. The van der Waals surface area contributed by atoms with E-state index in [1.807, 2.05) is 25.5 Å². The summed E-state index contributed by atoms with van der Waals surface area (Å²) in [7, 11) is 0. The minimum absolute atomic E-state index is 0.213. The van der Waals surface area contributed by atoms with E-state index in [1.165, 1.54) is 6.33 Å². The minimum Gasteiger partial charge on any atom is -0.481 e. The molecule has 0 spiro atoms. The summed E-state index contributed by atoms with van der Waals surface area (Å²) in [6, 6.07) is 0.213. The van der Waals surface area contributed by atoms with Crippen molar-refractivity contribution in [3.05, 3.63) is 12.2 Å². The van der Waals surface area contributed by atoms with Crippen molar-refractivity contribution < 1.29 is 9.90 Å². The van der Waals surface area contributed by atoms with E-state index in [2.05, 4.69) is 10.1 Å². The summed E-state index contributed by atoms with van der Waals surface area (Å²) in [4.78, 5) is 15.7. The lowest BCUT2D eigenvalue weighted by Crippen LogP contribution is -2.33. The Balaban J connectivity index is 2.23. The van der Waals surface area contributed by atoms with Gasteiger partial charge in [0.1, 0.15) is 12.2 Å². The van der Waals surface area contributed by atoms with Crippen LogP contribution in [0.2, 0.25) is 0 Å². The zero-order valence-electron chi connectivity index (χ0n) is 10.6. The van der Waals surface area contributed by atoms with Crippen LogP contribution in [-0.4, -0.2) is 25.8 Å². The summed E-state index contributed by atoms with van der Waals surface area (Å²) in [6.45, 7) is 5.87. The van der Waals surface area contributed by atoms with E-state index < -0.39 is 11.4 Å². The van der Waals surface area contributed by atoms with Gasteiger partial charge in [0.15, 0.2) is 0 Å². The van der Waals surface area contributed by atoms with Gasteiger partial charge < -0.3 is 5.11 Å². The van der Waals surface area contributed by atoms with Gasteiger partial charge in [-0.1, -0.05) is 0 Å². The molecule has 1 aliphatic rings. The summed E-state index contributed by atoms with van der Waals surface area (Å²) in [5, 5.41) is 13.6. The third kappa shape index (κ3) is 2.18. The molecule has 5 heteroatoms. The van der Waals surface area contributed by atoms with Crippen LogP contribution in [0.4, 0.5) is 0 Å². The lowest BCUT2D eigenvalue weighted by molar-refractivity contribution is -0.149. The van der Waals surface area contributed by atoms with Gasteiger partial charge in [0.05, 0.1) is 5.41 Å². The Labute approximate surface area is 101 Å². The Kier molecular flexibility index (Phi) is 2.93. The number of nitrogens with zero attached hydrogens (tertiary/aromatic N) is 3. The summed E-state index contributed by atoms with van der Waals surface area (Å²) >= 11 is 0. The van der Waals surface area contributed by atoms with Gasteiger partial charge in [0.2, 0.25) is 0 Å². The molecule has 1 aliphatic carbocycles. The molecule has 94 valence electrons. The molecule has 1 aromatic heterocycles. The van der Waals surface area contributed by atoms with Crippen molar-refractivity contribution in [3.63, 3.8) is 0 Å². The standard InChI is InChI=1S/C12H19N3O2/c1-8(2)15-10(13-7-14-15)6-12(3,11(16)17)9-4-5-9/h7-9H,4-6H2,1-3H3,(H,16,17). The van der Waals surface area contributed by atoms with E-state index in [0.29, 0.717) is 6.42 Å². The van der Waals surface area contributed by atoms with Gasteiger partial charge in [0, 0.05) is 12.5 Å². The first-order chi connectivity index (χ1) is 7.95. The van der Waals surface area contributed by atoms with Crippen LogP contribution in [0.1, 0.15) is 45.5 Å². The van der Waals surface area contributed by atoms with Crippen molar-refractivity contribution in [2.24, 2.45) is 11.3 Å². The Morgan fingerprint density at radius 2 is 2.29 bits per heavy atom. The number of carbonyl (C=O) groups is 1. The SMILES string of the molecule is CC(C)n1ncnc1CC(C)(C(=O)O)C1CC1. The molecular weight excluding hydrogens is 218 g/mol. The van der Waals surface area contributed by atoms with Gasteiger partial charge in [-0.25, -0.2) is 9.67 Å². The van der Waals surface area contributed by atoms with E-state index >= 15 is 0 Å². The molecule has 0 aromatic carbocycles. The van der Waals surface area contributed by atoms with E-state index in [9.17, 15) is 9.90 Å². The zero-order valence-corrected chi connectivity index (χ0v) is 10.6. The normalized spacial score (nSPS) is 19.3. The number of hydrogen-bond donors (Lipinski definition) is 1. The maximum absolute atomic E-state index is 11.5. The number of carboxylic acid groups (broad SMARTS) is 1. The number of rotatable bonds is 5. The molecule has 1 fully saturated rings.